The number of ether oxygens (including phenoxy) is 2. The SMILES string of the molecule is CC[C@H](C(=O)NCC(C)C)N(Cc1ccc(OC)cc1)C(=O)CN(c1cc(C)ccc1OC)S(C)(=O)=O. The summed E-state index contributed by atoms with van der Waals surface area (Å²) in [5.41, 5.74) is 1.86. The van der Waals surface area contributed by atoms with Crippen molar-refractivity contribution in [2.45, 2.75) is 46.7 Å². The van der Waals surface area contributed by atoms with Crippen molar-refractivity contribution in [1.29, 1.82) is 0 Å². The van der Waals surface area contributed by atoms with Crippen LogP contribution in [-0.2, 0) is 26.2 Å². The van der Waals surface area contributed by atoms with E-state index in [4.69, 9.17) is 9.47 Å². The fourth-order valence-corrected chi connectivity index (χ4v) is 4.70. The molecule has 0 spiro atoms. The van der Waals surface area contributed by atoms with E-state index in [1.165, 1.54) is 12.0 Å². The van der Waals surface area contributed by atoms with Gasteiger partial charge in [-0.05, 0) is 54.7 Å². The maximum Gasteiger partial charge on any atom is 0.244 e. The van der Waals surface area contributed by atoms with Crippen molar-refractivity contribution >= 4 is 27.5 Å². The first kappa shape index (κ1) is 30.0. The molecule has 0 aromatic heterocycles. The molecule has 2 aromatic carbocycles. The van der Waals surface area contributed by atoms with Gasteiger partial charge in [-0.15, -0.1) is 0 Å². The largest absolute Gasteiger partial charge is 0.497 e. The predicted octanol–water partition coefficient (Wildman–Crippen LogP) is 3.36. The molecule has 1 atom stereocenters. The number of amides is 2. The third-order valence-corrected chi connectivity index (χ3v) is 6.99. The zero-order valence-corrected chi connectivity index (χ0v) is 23.6. The van der Waals surface area contributed by atoms with E-state index in [9.17, 15) is 18.0 Å². The van der Waals surface area contributed by atoms with Gasteiger partial charge in [-0.25, -0.2) is 8.42 Å². The topological polar surface area (TPSA) is 105 Å². The first-order valence-corrected chi connectivity index (χ1v) is 14.1. The molecule has 0 radical (unpaired) electrons. The van der Waals surface area contributed by atoms with Crippen LogP contribution < -0.4 is 19.1 Å². The molecule has 37 heavy (non-hydrogen) atoms. The Labute approximate surface area is 220 Å². The van der Waals surface area contributed by atoms with Crippen molar-refractivity contribution in [3.63, 3.8) is 0 Å². The molecule has 10 heteroatoms. The maximum absolute atomic E-state index is 13.8. The van der Waals surface area contributed by atoms with Crippen molar-refractivity contribution in [1.82, 2.24) is 10.2 Å². The van der Waals surface area contributed by atoms with Crippen LogP contribution in [0.3, 0.4) is 0 Å². The Morgan fingerprint density at radius 1 is 1.03 bits per heavy atom. The number of hydrogen-bond acceptors (Lipinski definition) is 6. The Bertz CT molecular complexity index is 1170. The van der Waals surface area contributed by atoms with Crippen LogP contribution in [-0.4, -0.2) is 64.7 Å². The lowest BCUT2D eigenvalue weighted by atomic mass is 10.1. The number of nitrogens with zero attached hydrogens (tertiary/aromatic N) is 2. The van der Waals surface area contributed by atoms with E-state index >= 15 is 0 Å². The quantitative estimate of drug-likeness (QED) is 0.423. The maximum atomic E-state index is 13.8. The average molecular weight is 534 g/mol. The smallest absolute Gasteiger partial charge is 0.244 e. The van der Waals surface area contributed by atoms with Gasteiger partial charge >= 0.3 is 0 Å². The van der Waals surface area contributed by atoms with E-state index < -0.39 is 28.5 Å². The Kier molecular flexibility index (Phi) is 10.8. The van der Waals surface area contributed by atoms with E-state index in [1.807, 2.05) is 39.8 Å². The van der Waals surface area contributed by atoms with E-state index in [1.54, 1.807) is 37.4 Å². The van der Waals surface area contributed by atoms with Gasteiger partial charge < -0.3 is 19.7 Å². The van der Waals surface area contributed by atoms with Crippen LogP contribution in [0, 0.1) is 12.8 Å². The molecular weight excluding hydrogens is 494 g/mol. The highest BCUT2D eigenvalue weighted by Gasteiger charge is 2.32. The minimum absolute atomic E-state index is 0.124. The Morgan fingerprint density at radius 3 is 2.19 bits per heavy atom. The second kappa shape index (κ2) is 13.3. The van der Waals surface area contributed by atoms with Gasteiger partial charge in [0.25, 0.3) is 0 Å². The molecular formula is C27H39N3O6S. The van der Waals surface area contributed by atoms with Crippen molar-refractivity contribution in [2.75, 3.05) is 37.9 Å². The van der Waals surface area contributed by atoms with E-state index in [2.05, 4.69) is 5.32 Å². The van der Waals surface area contributed by atoms with Gasteiger partial charge in [-0.3, -0.25) is 13.9 Å². The molecule has 0 aliphatic heterocycles. The third-order valence-electron chi connectivity index (χ3n) is 5.86. The van der Waals surface area contributed by atoms with E-state index in [-0.39, 0.29) is 24.1 Å². The third kappa shape index (κ3) is 8.38. The van der Waals surface area contributed by atoms with Gasteiger partial charge in [0.15, 0.2) is 0 Å². The molecule has 0 fully saturated rings. The summed E-state index contributed by atoms with van der Waals surface area (Å²) < 4.78 is 37.4. The van der Waals surface area contributed by atoms with Crippen molar-refractivity contribution in [3.05, 3.63) is 53.6 Å². The van der Waals surface area contributed by atoms with Crippen molar-refractivity contribution in [2.24, 2.45) is 5.92 Å². The number of aryl methyl sites for hydroxylation is 1. The molecule has 0 bridgehead atoms. The molecule has 2 rings (SSSR count). The Morgan fingerprint density at radius 2 is 1.68 bits per heavy atom. The zero-order valence-electron chi connectivity index (χ0n) is 22.8. The van der Waals surface area contributed by atoms with Gasteiger partial charge in [-0.2, -0.15) is 0 Å². The molecule has 9 nitrogen and oxygen atoms in total. The van der Waals surface area contributed by atoms with Crippen LogP contribution in [0.1, 0.15) is 38.3 Å². The first-order valence-electron chi connectivity index (χ1n) is 12.2. The average Bonchev–Trinajstić information content (AvgIpc) is 2.85. The first-order chi connectivity index (χ1) is 17.4. The Balaban J connectivity index is 2.48. The number of hydrogen-bond donors (Lipinski definition) is 1. The molecule has 0 unspecified atom stereocenters. The summed E-state index contributed by atoms with van der Waals surface area (Å²) >= 11 is 0. The number of carbonyl (C=O) groups excluding carboxylic acids is 2. The monoisotopic (exact) mass is 533 g/mol. The van der Waals surface area contributed by atoms with Gasteiger partial charge in [0.1, 0.15) is 24.1 Å². The second-order valence-electron chi connectivity index (χ2n) is 9.38. The van der Waals surface area contributed by atoms with Crippen molar-refractivity contribution < 1.29 is 27.5 Å². The number of benzene rings is 2. The highest BCUT2D eigenvalue weighted by Crippen LogP contribution is 2.31. The number of carbonyl (C=O) groups is 2. The molecule has 0 saturated heterocycles. The van der Waals surface area contributed by atoms with Crippen LogP contribution in [0.5, 0.6) is 11.5 Å². The van der Waals surface area contributed by atoms with Crippen LogP contribution in [0.2, 0.25) is 0 Å². The fourth-order valence-electron chi connectivity index (χ4n) is 3.86. The summed E-state index contributed by atoms with van der Waals surface area (Å²) in [4.78, 5) is 28.4. The summed E-state index contributed by atoms with van der Waals surface area (Å²) in [6.07, 6.45) is 1.40. The summed E-state index contributed by atoms with van der Waals surface area (Å²) in [5.74, 6) is 0.445. The molecule has 2 amide bonds. The summed E-state index contributed by atoms with van der Waals surface area (Å²) in [6.45, 7) is 7.73. The van der Waals surface area contributed by atoms with Crippen LogP contribution >= 0.6 is 0 Å². The van der Waals surface area contributed by atoms with E-state index in [0.29, 0.717) is 24.5 Å². The number of rotatable bonds is 13. The minimum atomic E-state index is -3.86. The second-order valence-corrected chi connectivity index (χ2v) is 11.3. The van der Waals surface area contributed by atoms with Crippen LogP contribution in [0.25, 0.3) is 0 Å². The minimum Gasteiger partial charge on any atom is -0.497 e. The fraction of sp³-hybridized carbons (Fsp3) is 0.481. The van der Waals surface area contributed by atoms with Crippen LogP contribution in [0.4, 0.5) is 5.69 Å². The number of anilines is 1. The molecule has 0 aliphatic carbocycles. The molecule has 0 saturated carbocycles. The standard InChI is InChI=1S/C27H39N3O6S/c1-8-23(27(32)28-16-19(2)3)29(17-21-10-12-22(35-5)13-11-21)26(31)18-30(37(7,33)34)24-15-20(4)9-14-25(24)36-6/h9-15,19,23H,8,16-18H2,1-7H3,(H,28,32)/t23-/m1/s1. The molecule has 1 N–H and O–H groups in total. The number of nitrogens with one attached hydrogen (secondary N) is 1. The van der Waals surface area contributed by atoms with Gasteiger partial charge in [0.2, 0.25) is 21.8 Å². The lowest BCUT2D eigenvalue weighted by Crippen LogP contribution is -2.52. The summed E-state index contributed by atoms with van der Waals surface area (Å²) in [7, 11) is -0.854. The van der Waals surface area contributed by atoms with Crippen molar-refractivity contribution in [3.8, 4) is 11.5 Å². The molecule has 2 aromatic rings. The lowest BCUT2D eigenvalue weighted by Gasteiger charge is -2.33. The van der Waals surface area contributed by atoms with Gasteiger partial charge in [0.05, 0.1) is 26.2 Å². The molecule has 0 heterocycles. The Hall–Kier alpha value is -3.27. The highest BCUT2D eigenvalue weighted by atomic mass is 32.2. The molecule has 204 valence electrons. The normalized spacial score (nSPS) is 12.1. The van der Waals surface area contributed by atoms with Gasteiger partial charge in [-0.1, -0.05) is 39.0 Å². The lowest BCUT2D eigenvalue weighted by molar-refractivity contribution is -0.140. The molecule has 0 aliphatic rings. The number of methoxy groups -OCH3 is 2. The number of sulfonamides is 1. The predicted molar refractivity (Wildman–Crippen MR) is 145 cm³/mol. The summed E-state index contributed by atoms with van der Waals surface area (Å²) in [5, 5.41) is 2.91. The van der Waals surface area contributed by atoms with Crippen LogP contribution in [0.15, 0.2) is 42.5 Å². The summed E-state index contributed by atoms with van der Waals surface area (Å²) in [6, 6.07) is 11.5. The van der Waals surface area contributed by atoms with Gasteiger partial charge in [0, 0.05) is 13.1 Å². The zero-order chi connectivity index (χ0) is 27.8. The van der Waals surface area contributed by atoms with E-state index in [0.717, 1.165) is 21.7 Å². The highest BCUT2D eigenvalue weighted by molar-refractivity contribution is 7.92.